The van der Waals surface area contributed by atoms with Crippen LogP contribution in [0, 0.1) is 5.92 Å². The molecule has 0 aliphatic rings. The van der Waals surface area contributed by atoms with E-state index in [2.05, 4.69) is 4.98 Å². The molecular formula is C12H15NO2. The SMILES string of the molecule is CC(CO)COc1ccc2[nH]ccc2c1. The molecule has 0 saturated carbocycles. The van der Waals surface area contributed by atoms with E-state index in [1.165, 1.54) is 0 Å². The van der Waals surface area contributed by atoms with E-state index in [-0.39, 0.29) is 12.5 Å². The number of nitrogens with one attached hydrogen (secondary N) is 1. The van der Waals surface area contributed by atoms with Gasteiger partial charge in [0, 0.05) is 29.6 Å². The second kappa shape index (κ2) is 4.36. The first-order valence-electron chi connectivity index (χ1n) is 5.10. The second-order valence-corrected chi connectivity index (χ2v) is 3.83. The Kier molecular flexibility index (Phi) is 2.92. The lowest BCUT2D eigenvalue weighted by atomic mass is 10.2. The first-order chi connectivity index (χ1) is 7.29. The zero-order valence-corrected chi connectivity index (χ0v) is 8.73. The van der Waals surface area contributed by atoms with Crippen LogP contribution in [0.4, 0.5) is 0 Å². The molecule has 15 heavy (non-hydrogen) atoms. The second-order valence-electron chi connectivity index (χ2n) is 3.83. The van der Waals surface area contributed by atoms with E-state index in [1.54, 1.807) is 0 Å². The van der Waals surface area contributed by atoms with Crippen LogP contribution in [0.25, 0.3) is 10.9 Å². The van der Waals surface area contributed by atoms with Gasteiger partial charge in [-0.05, 0) is 24.3 Å². The van der Waals surface area contributed by atoms with Crippen LogP contribution in [0.3, 0.4) is 0 Å². The van der Waals surface area contributed by atoms with Gasteiger partial charge in [-0.3, -0.25) is 0 Å². The van der Waals surface area contributed by atoms with Gasteiger partial charge in [-0.2, -0.15) is 0 Å². The van der Waals surface area contributed by atoms with Gasteiger partial charge in [0.25, 0.3) is 0 Å². The first kappa shape index (κ1) is 10.1. The van der Waals surface area contributed by atoms with Gasteiger partial charge in [0.1, 0.15) is 5.75 Å². The molecule has 1 atom stereocenters. The van der Waals surface area contributed by atoms with Gasteiger partial charge in [0.2, 0.25) is 0 Å². The summed E-state index contributed by atoms with van der Waals surface area (Å²) >= 11 is 0. The van der Waals surface area contributed by atoms with E-state index < -0.39 is 0 Å². The molecule has 3 heteroatoms. The lowest BCUT2D eigenvalue weighted by molar-refractivity contribution is 0.174. The molecule has 0 saturated heterocycles. The maximum absolute atomic E-state index is 8.87. The van der Waals surface area contributed by atoms with Crippen LogP contribution in [0.15, 0.2) is 30.5 Å². The van der Waals surface area contributed by atoms with Crippen molar-refractivity contribution in [2.75, 3.05) is 13.2 Å². The summed E-state index contributed by atoms with van der Waals surface area (Å²) in [5, 5.41) is 10.0. The molecule has 0 amide bonds. The van der Waals surface area contributed by atoms with Gasteiger partial charge in [-0.15, -0.1) is 0 Å². The van der Waals surface area contributed by atoms with Crippen molar-refractivity contribution in [3.05, 3.63) is 30.5 Å². The molecule has 0 aliphatic heterocycles. The van der Waals surface area contributed by atoms with Crippen LogP contribution in [-0.2, 0) is 0 Å². The standard InChI is InChI=1S/C12H15NO2/c1-9(7-14)8-15-11-2-3-12-10(6-11)4-5-13-12/h2-6,9,13-14H,7-8H2,1H3. The van der Waals surface area contributed by atoms with Gasteiger partial charge < -0.3 is 14.8 Å². The molecule has 1 heterocycles. The van der Waals surface area contributed by atoms with Crippen LogP contribution in [0.2, 0.25) is 0 Å². The normalized spacial score (nSPS) is 12.9. The lowest BCUT2D eigenvalue weighted by Crippen LogP contribution is -2.11. The van der Waals surface area contributed by atoms with Gasteiger partial charge in [-0.25, -0.2) is 0 Å². The molecular weight excluding hydrogens is 190 g/mol. The molecule has 1 aromatic heterocycles. The summed E-state index contributed by atoms with van der Waals surface area (Å²) in [6, 6.07) is 7.94. The number of aromatic nitrogens is 1. The number of hydrogen-bond acceptors (Lipinski definition) is 2. The molecule has 0 bridgehead atoms. The molecule has 3 nitrogen and oxygen atoms in total. The molecule has 0 radical (unpaired) electrons. The number of aromatic amines is 1. The van der Waals surface area contributed by atoms with Crippen molar-refractivity contribution in [3.8, 4) is 5.75 Å². The Morgan fingerprint density at radius 2 is 2.27 bits per heavy atom. The minimum absolute atomic E-state index is 0.159. The number of ether oxygens (including phenoxy) is 1. The Morgan fingerprint density at radius 1 is 1.40 bits per heavy atom. The Bertz CT molecular complexity index is 436. The maximum Gasteiger partial charge on any atom is 0.120 e. The highest BCUT2D eigenvalue weighted by Gasteiger charge is 2.02. The third-order valence-electron chi connectivity index (χ3n) is 2.37. The monoisotopic (exact) mass is 205 g/mol. The lowest BCUT2D eigenvalue weighted by Gasteiger charge is -2.10. The molecule has 0 fully saturated rings. The van der Waals surface area contributed by atoms with E-state index in [0.717, 1.165) is 16.7 Å². The largest absolute Gasteiger partial charge is 0.493 e. The highest BCUT2D eigenvalue weighted by Crippen LogP contribution is 2.19. The summed E-state index contributed by atoms with van der Waals surface area (Å²) in [5.41, 5.74) is 1.11. The summed E-state index contributed by atoms with van der Waals surface area (Å²) in [5.74, 6) is 1.02. The Morgan fingerprint density at radius 3 is 3.07 bits per heavy atom. The number of aliphatic hydroxyl groups excluding tert-OH is 1. The van der Waals surface area contributed by atoms with E-state index in [1.807, 2.05) is 37.4 Å². The smallest absolute Gasteiger partial charge is 0.120 e. The summed E-state index contributed by atoms with van der Waals surface area (Å²) in [6.07, 6.45) is 1.91. The fraction of sp³-hybridized carbons (Fsp3) is 0.333. The summed E-state index contributed by atoms with van der Waals surface area (Å²) < 4.78 is 5.56. The van der Waals surface area contributed by atoms with Crippen molar-refractivity contribution in [1.82, 2.24) is 4.98 Å². The quantitative estimate of drug-likeness (QED) is 0.803. The van der Waals surface area contributed by atoms with Crippen LogP contribution >= 0.6 is 0 Å². The van der Waals surface area contributed by atoms with Gasteiger partial charge in [-0.1, -0.05) is 6.92 Å². The molecule has 0 aliphatic carbocycles. The zero-order chi connectivity index (χ0) is 10.7. The number of aliphatic hydroxyl groups is 1. The number of rotatable bonds is 4. The van der Waals surface area contributed by atoms with Crippen molar-refractivity contribution < 1.29 is 9.84 Å². The number of benzene rings is 1. The van der Waals surface area contributed by atoms with Gasteiger partial charge in [0.05, 0.1) is 6.61 Å². The third-order valence-corrected chi connectivity index (χ3v) is 2.37. The van der Waals surface area contributed by atoms with Crippen molar-refractivity contribution in [2.24, 2.45) is 5.92 Å². The molecule has 1 aromatic carbocycles. The van der Waals surface area contributed by atoms with Crippen LogP contribution in [-0.4, -0.2) is 23.3 Å². The van der Waals surface area contributed by atoms with E-state index in [0.29, 0.717) is 6.61 Å². The highest BCUT2D eigenvalue weighted by molar-refractivity contribution is 5.80. The molecule has 2 rings (SSSR count). The minimum Gasteiger partial charge on any atom is -0.493 e. The predicted octanol–water partition coefficient (Wildman–Crippen LogP) is 2.18. The predicted molar refractivity (Wildman–Crippen MR) is 60.0 cm³/mol. The molecule has 0 spiro atoms. The summed E-state index contributed by atoms with van der Waals surface area (Å²) in [7, 11) is 0. The van der Waals surface area contributed by atoms with Crippen molar-refractivity contribution in [1.29, 1.82) is 0 Å². The zero-order valence-electron chi connectivity index (χ0n) is 8.73. The fourth-order valence-electron chi connectivity index (χ4n) is 1.41. The Balaban J connectivity index is 2.08. The number of fused-ring (bicyclic) bond motifs is 1. The van der Waals surface area contributed by atoms with Crippen molar-refractivity contribution in [2.45, 2.75) is 6.92 Å². The average Bonchev–Trinajstić information content (AvgIpc) is 2.72. The minimum atomic E-state index is 0.159. The Labute approximate surface area is 88.7 Å². The van der Waals surface area contributed by atoms with E-state index in [9.17, 15) is 0 Å². The number of hydrogen-bond donors (Lipinski definition) is 2. The molecule has 2 N–H and O–H groups in total. The maximum atomic E-state index is 8.87. The van der Waals surface area contributed by atoms with Crippen LogP contribution in [0.1, 0.15) is 6.92 Å². The first-order valence-corrected chi connectivity index (χ1v) is 5.10. The van der Waals surface area contributed by atoms with Crippen molar-refractivity contribution in [3.63, 3.8) is 0 Å². The van der Waals surface area contributed by atoms with Gasteiger partial charge >= 0.3 is 0 Å². The van der Waals surface area contributed by atoms with Crippen molar-refractivity contribution >= 4 is 10.9 Å². The molecule has 1 unspecified atom stereocenters. The molecule has 2 aromatic rings. The van der Waals surface area contributed by atoms with E-state index in [4.69, 9.17) is 9.84 Å². The fourth-order valence-corrected chi connectivity index (χ4v) is 1.41. The average molecular weight is 205 g/mol. The topological polar surface area (TPSA) is 45.2 Å². The van der Waals surface area contributed by atoms with E-state index >= 15 is 0 Å². The molecule has 80 valence electrons. The highest BCUT2D eigenvalue weighted by atomic mass is 16.5. The summed E-state index contributed by atoms with van der Waals surface area (Å²) in [6.45, 7) is 2.66. The Hall–Kier alpha value is -1.48. The van der Waals surface area contributed by atoms with Gasteiger partial charge in [0.15, 0.2) is 0 Å². The third kappa shape index (κ3) is 2.30. The van der Waals surface area contributed by atoms with Crippen LogP contribution < -0.4 is 4.74 Å². The number of H-pyrrole nitrogens is 1. The summed E-state index contributed by atoms with van der Waals surface area (Å²) in [4.78, 5) is 3.13. The van der Waals surface area contributed by atoms with Crippen LogP contribution in [0.5, 0.6) is 5.75 Å².